The first-order valence-electron chi connectivity index (χ1n) is 13.0. The van der Waals surface area contributed by atoms with Gasteiger partial charge >= 0.3 is 5.97 Å². The molecule has 0 radical (unpaired) electrons. The second-order valence-electron chi connectivity index (χ2n) is 9.40. The van der Waals surface area contributed by atoms with Crippen LogP contribution in [-0.4, -0.2) is 29.4 Å². The Bertz CT molecular complexity index is 1360. The summed E-state index contributed by atoms with van der Waals surface area (Å²) in [6.07, 6.45) is 2.32. The fourth-order valence-corrected chi connectivity index (χ4v) is 5.15. The molecule has 0 atom stereocenters. The van der Waals surface area contributed by atoms with Crippen LogP contribution in [0.3, 0.4) is 0 Å². The highest BCUT2D eigenvalue weighted by Gasteiger charge is 2.33. The zero-order valence-corrected chi connectivity index (χ0v) is 22.3. The predicted octanol–water partition coefficient (Wildman–Crippen LogP) is 6.90. The van der Waals surface area contributed by atoms with Crippen LogP contribution in [0, 0.1) is 0 Å². The minimum absolute atomic E-state index is 0.0677. The largest absolute Gasteiger partial charge is 0.489 e. The fraction of sp³-hybridized carbons (Fsp3) is 0.250. The van der Waals surface area contributed by atoms with Crippen LogP contribution in [0.4, 0.5) is 0 Å². The molecule has 1 aliphatic rings. The number of thiophene rings is 1. The van der Waals surface area contributed by atoms with Crippen LogP contribution in [0.5, 0.6) is 5.75 Å². The van der Waals surface area contributed by atoms with Gasteiger partial charge in [0.2, 0.25) is 0 Å². The number of nitrogens with zero attached hydrogens (tertiary/aromatic N) is 1. The van der Waals surface area contributed by atoms with Crippen LogP contribution in [0.25, 0.3) is 10.4 Å². The first-order chi connectivity index (χ1) is 18.6. The molecule has 1 aliphatic carbocycles. The summed E-state index contributed by atoms with van der Waals surface area (Å²) in [6, 6.07) is 28.0. The Balaban J connectivity index is 1.24. The van der Waals surface area contributed by atoms with Gasteiger partial charge in [-0.15, -0.1) is 11.3 Å². The summed E-state index contributed by atoms with van der Waals surface area (Å²) in [5.74, 6) is 0.565. The van der Waals surface area contributed by atoms with E-state index in [1.54, 1.807) is 18.3 Å². The molecule has 1 saturated carbocycles. The van der Waals surface area contributed by atoms with Crippen molar-refractivity contribution in [2.45, 2.75) is 45.4 Å². The molecule has 6 heteroatoms. The Labute approximate surface area is 227 Å². The van der Waals surface area contributed by atoms with Crippen molar-refractivity contribution >= 4 is 23.2 Å². The maximum atomic E-state index is 13.5. The lowest BCUT2D eigenvalue weighted by atomic mass is 10.1. The van der Waals surface area contributed by atoms with Crippen molar-refractivity contribution in [3.63, 3.8) is 0 Å². The van der Waals surface area contributed by atoms with E-state index in [1.165, 1.54) is 4.88 Å². The van der Waals surface area contributed by atoms with Gasteiger partial charge in [0.05, 0.1) is 13.0 Å². The number of rotatable bonds is 11. The van der Waals surface area contributed by atoms with Gasteiger partial charge in [-0.25, -0.2) is 0 Å². The topological polar surface area (TPSA) is 55.8 Å². The van der Waals surface area contributed by atoms with Crippen LogP contribution >= 0.6 is 11.3 Å². The molecule has 5 nitrogen and oxygen atoms in total. The molecule has 0 aliphatic heterocycles. The van der Waals surface area contributed by atoms with Gasteiger partial charge < -0.3 is 14.4 Å². The van der Waals surface area contributed by atoms with Crippen LogP contribution in [-0.2, 0) is 29.1 Å². The Hall–Kier alpha value is -3.90. The van der Waals surface area contributed by atoms with E-state index in [1.807, 2.05) is 71.6 Å². The Kier molecular flexibility index (Phi) is 8.19. The molecule has 4 aromatic rings. The van der Waals surface area contributed by atoms with E-state index in [0.717, 1.165) is 40.8 Å². The standard InChI is InChI=1S/C32H31NO4S/c1-2-36-31(34)20-23-9-17-29(18-10-23)37-22-27-7-4-3-6-26(27)21-33(28-15-16-28)32(35)25-13-11-24(12-14-25)30-8-5-19-38-30/h3-14,17-19,28H,2,15-16,20-22H2,1H3. The van der Waals surface area contributed by atoms with E-state index < -0.39 is 0 Å². The highest BCUT2D eigenvalue weighted by atomic mass is 32.1. The summed E-state index contributed by atoms with van der Waals surface area (Å²) in [6.45, 7) is 3.13. The Morgan fingerprint density at radius 3 is 2.29 bits per heavy atom. The van der Waals surface area contributed by atoms with Crippen molar-refractivity contribution in [1.82, 2.24) is 4.90 Å². The maximum Gasteiger partial charge on any atom is 0.310 e. The number of ether oxygens (including phenoxy) is 2. The van der Waals surface area contributed by atoms with Crippen LogP contribution in [0.15, 0.2) is 90.3 Å². The van der Waals surface area contributed by atoms with E-state index >= 15 is 0 Å². The average molecular weight is 526 g/mol. The quantitative estimate of drug-likeness (QED) is 0.200. The van der Waals surface area contributed by atoms with Gasteiger partial charge in [0.25, 0.3) is 5.91 Å². The monoisotopic (exact) mass is 525 g/mol. The third kappa shape index (κ3) is 6.50. The third-order valence-electron chi connectivity index (χ3n) is 6.62. The number of benzene rings is 3. The lowest BCUT2D eigenvalue weighted by Gasteiger charge is -2.24. The van der Waals surface area contributed by atoms with E-state index in [9.17, 15) is 9.59 Å². The number of hydrogen-bond acceptors (Lipinski definition) is 5. The molecule has 38 heavy (non-hydrogen) atoms. The van der Waals surface area contributed by atoms with Crippen LogP contribution < -0.4 is 4.74 Å². The van der Waals surface area contributed by atoms with Crippen molar-refractivity contribution in [2.24, 2.45) is 0 Å². The molecular weight excluding hydrogens is 494 g/mol. The van der Waals surface area contributed by atoms with Crippen molar-refractivity contribution in [3.05, 3.63) is 113 Å². The van der Waals surface area contributed by atoms with Crippen molar-refractivity contribution in [3.8, 4) is 16.2 Å². The first kappa shape index (κ1) is 25.7. The molecule has 1 amide bonds. The molecule has 0 N–H and O–H groups in total. The van der Waals surface area contributed by atoms with Gasteiger partial charge in [-0.2, -0.15) is 0 Å². The van der Waals surface area contributed by atoms with Crippen LogP contribution in [0.1, 0.15) is 46.8 Å². The summed E-state index contributed by atoms with van der Waals surface area (Å²) < 4.78 is 11.1. The predicted molar refractivity (Wildman–Crippen MR) is 150 cm³/mol. The van der Waals surface area contributed by atoms with Gasteiger partial charge in [-0.1, -0.05) is 54.6 Å². The normalized spacial score (nSPS) is 12.7. The zero-order valence-electron chi connectivity index (χ0n) is 21.5. The first-order valence-corrected chi connectivity index (χ1v) is 13.9. The lowest BCUT2D eigenvalue weighted by molar-refractivity contribution is -0.142. The maximum absolute atomic E-state index is 13.5. The molecular formula is C32H31NO4S. The summed E-state index contributed by atoms with van der Waals surface area (Å²) in [5.41, 5.74) is 4.87. The average Bonchev–Trinajstić information content (AvgIpc) is 3.64. The summed E-state index contributed by atoms with van der Waals surface area (Å²) in [4.78, 5) is 28.4. The Morgan fingerprint density at radius 1 is 0.895 bits per heavy atom. The summed E-state index contributed by atoms with van der Waals surface area (Å²) in [5, 5.41) is 2.06. The minimum Gasteiger partial charge on any atom is -0.489 e. The molecule has 0 unspecified atom stereocenters. The van der Waals surface area contributed by atoms with Crippen molar-refractivity contribution in [1.29, 1.82) is 0 Å². The highest BCUT2D eigenvalue weighted by molar-refractivity contribution is 7.13. The van der Waals surface area contributed by atoms with Crippen LogP contribution in [0.2, 0.25) is 0 Å². The second-order valence-corrected chi connectivity index (χ2v) is 10.3. The minimum atomic E-state index is -0.233. The number of amides is 1. The molecule has 1 heterocycles. The number of hydrogen-bond donors (Lipinski definition) is 0. The van der Waals surface area contributed by atoms with Gasteiger partial charge in [-0.3, -0.25) is 9.59 Å². The molecule has 0 saturated heterocycles. The number of esters is 1. The third-order valence-corrected chi connectivity index (χ3v) is 7.54. The number of carbonyl (C=O) groups excluding carboxylic acids is 2. The summed E-state index contributed by atoms with van der Waals surface area (Å²) >= 11 is 1.70. The SMILES string of the molecule is CCOC(=O)Cc1ccc(OCc2ccccc2CN(C(=O)c2ccc(-c3cccs3)cc2)C2CC2)cc1. The molecule has 1 fully saturated rings. The van der Waals surface area contributed by atoms with Crippen molar-refractivity contribution < 1.29 is 19.1 Å². The zero-order chi connectivity index (χ0) is 26.3. The molecule has 3 aromatic carbocycles. The molecule has 0 spiro atoms. The van der Waals surface area contributed by atoms with Gasteiger partial charge in [0.15, 0.2) is 0 Å². The van der Waals surface area contributed by atoms with Gasteiger partial charge in [0, 0.05) is 23.0 Å². The van der Waals surface area contributed by atoms with E-state index in [2.05, 4.69) is 23.6 Å². The smallest absolute Gasteiger partial charge is 0.310 e. The molecule has 194 valence electrons. The fourth-order valence-electron chi connectivity index (χ4n) is 4.42. The highest BCUT2D eigenvalue weighted by Crippen LogP contribution is 2.31. The van der Waals surface area contributed by atoms with E-state index in [0.29, 0.717) is 25.3 Å². The number of carbonyl (C=O) groups is 2. The molecule has 5 rings (SSSR count). The van der Waals surface area contributed by atoms with Gasteiger partial charge in [0.1, 0.15) is 12.4 Å². The second kappa shape index (κ2) is 12.1. The Morgan fingerprint density at radius 2 is 1.63 bits per heavy atom. The summed E-state index contributed by atoms with van der Waals surface area (Å²) in [7, 11) is 0. The van der Waals surface area contributed by atoms with Gasteiger partial charge in [-0.05, 0) is 77.7 Å². The molecule has 1 aromatic heterocycles. The van der Waals surface area contributed by atoms with Crippen molar-refractivity contribution in [2.75, 3.05) is 6.61 Å². The lowest BCUT2D eigenvalue weighted by Crippen LogP contribution is -2.33. The molecule has 0 bridgehead atoms. The van der Waals surface area contributed by atoms with E-state index in [-0.39, 0.29) is 24.3 Å². The van der Waals surface area contributed by atoms with E-state index in [4.69, 9.17) is 9.47 Å².